The highest BCUT2D eigenvalue weighted by Gasteiger charge is 2.30. The number of nitrogens with two attached hydrogens (primary N) is 1. The predicted octanol–water partition coefficient (Wildman–Crippen LogP) is 0.587. The van der Waals surface area contributed by atoms with Crippen LogP contribution >= 0.6 is 12.4 Å². The quantitative estimate of drug-likeness (QED) is 0.861. The molecule has 0 saturated carbocycles. The van der Waals surface area contributed by atoms with E-state index in [0.717, 1.165) is 11.3 Å². The fraction of sp³-hybridized carbons (Fsp3) is 0.353. The van der Waals surface area contributed by atoms with E-state index in [1.807, 2.05) is 30.3 Å². The molecule has 2 aromatic rings. The van der Waals surface area contributed by atoms with E-state index in [1.165, 1.54) is 0 Å². The Kier molecular flexibility index (Phi) is 6.17. The number of halogens is 1. The van der Waals surface area contributed by atoms with Crippen LogP contribution in [0.25, 0.3) is 0 Å². The van der Waals surface area contributed by atoms with Crippen molar-refractivity contribution >= 4 is 29.9 Å². The Morgan fingerprint density at radius 2 is 2.00 bits per heavy atom. The average Bonchev–Trinajstić information content (AvgIpc) is 3.01. The molecule has 1 aromatic heterocycles. The maximum atomic E-state index is 12.5. The summed E-state index contributed by atoms with van der Waals surface area (Å²) in [6.45, 7) is 0.979. The van der Waals surface area contributed by atoms with Gasteiger partial charge < -0.3 is 15.5 Å². The molecule has 1 atom stereocenters. The van der Waals surface area contributed by atoms with Gasteiger partial charge in [0.1, 0.15) is 6.54 Å². The number of piperazine rings is 1. The lowest BCUT2D eigenvalue weighted by atomic mass is 10.1. The van der Waals surface area contributed by atoms with Gasteiger partial charge in [-0.1, -0.05) is 30.3 Å². The van der Waals surface area contributed by atoms with E-state index < -0.39 is 6.04 Å². The number of hydrogen-bond acceptors (Lipinski definition) is 4. The zero-order valence-electron chi connectivity index (χ0n) is 14.0. The summed E-state index contributed by atoms with van der Waals surface area (Å²) < 4.78 is 1.65. The van der Waals surface area contributed by atoms with Gasteiger partial charge in [-0.15, -0.1) is 12.4 Å². The van der Waals surface area contributed by atoms with Crippen LogP contribution in [0.2, 0.25) is 0 Å². The van der Waals surface area contributed by atoms with Gasteiger partial charge >= 0.3 is 0 Å². The maximum absolute atomic E-state index is 12.5. The number of hydrogen-bond donors (Lipinski definition) is 1. The first kappa shape index (κ1) is 19.0. The van der Waals surface area contributed by atoms with Gasteiger partial charge in [-0.2, -0.15) is 5.10 Å². The maximum Gasteiger partial charge on any atom is 0.246 e. The number of benzene rings is 1. The number of amides is 2. The summed E-state index contributed by atoms with van der Waals surface area (Å²) >= 11 is 0. The molecule has 0 spiro atoms. The Bertz CT molecular complexity index is 734. The van der Waals surface area contributed by atoms with Gasteiger partial charge in [-0.25, -0.2) is 0 Å². The first-order chi connectivity index (χ1) is 11.5. The van der Waals surface area contributed by atoms with E-state index in [1.54, 1.807) is 33.9 Å². The van der Waals surface area contributed by atoms with Crippen molar-refractivity contribution in [2.45, 2.75) is 12.5 Å². The van der Waals surface area contributed by atoms with Crippen LogP contribution in [0.5, 0.6) is 0 Å². The third-order valence-corrected chi connectivity index (χ3v) is 4.15. The van der Waals surface area contributed by atoms with E-state index in [0.29, 0.717) is 19.5 Å². The number of carbonyl (C=O) groups excluding carboxylic acids is 2. The summed E-state index contributed by atoms with van der Waals surface area (Å²) in [5.41, 5.74) is 7.81. The topological polar surface area (TPSA) is 84.5 Å². The van der Waals surface area contributed by atoms with Crippen LogP contribution in [-0.4, -0.2) is 52.2 Å². The molecule has 134 valence electrons. The van der Waals surface area contributed by atoms with Gasteiger partial charge in [-0.3, -0.25) is 14.3 Å². The molecule has 1 aromatic carbocycles. The smallest absolute Gasteiger partial charge is 0.246 e. The van der Waals surface area contributed by atoms with Gasteiger partial charge in [0.25, 0.3) is 0 Å². The van der Waals surface area contributed by atoms with Crippen molar-refractivity contribution < 1.29 is 9.59 Å². The molecule has 1 saturated heterocycles. The highest BCUT2D eigenvalue weighted by Crippen LogP contribution is 2.16. The summed E-state index contributed by atoms with van der Waals surface area (Å²) in [4.78, 5) is 28.1. The number of anilines is 1. The van der Waals surface area contributed by atoms with Crippen LogP contribution in [-0.2, 0) is 23.1 Å². The zero-order valence-corrected chi connectivity index (χ0v) is 14.9. The second-order valence-electron chi connectivity index (χ2n) is 5.97. The van der Waals surface area contributed by atoms with E-state index in [2.05, 4.69) is 5.10 Å². The summed E-state index contributed by atoms with van der Waals surface area (Å²) in [6, 6.07) is 9.01. The van der Waals surface area contributed by atoms with E-state index in [-0.39, 0.29) is 30.8 Å². The van der Waals surface area contributed by atoms with Crippen molar-refractivity contribution in [3.05, 3.63) is 48.3 Å². The standard InChI is InChI=1S/C17H21N5O2.ClH/c1-20-11-14(10-19-20)22-8-7-21(12-16(22)23)17(24)15(18)9-13-5-3-2-4-6-13;/h2-6,10-11,15H,7-9,12,18H2,1H3;1H/t15-;/m0./s1. The molecule has 1 aliphatic rings. The minimum Gasteiger partial charge on any atom is -0.330 e. The van der Waals surface area contributed by atoms with Crippen molar-refractivity contribution in [2.24, 2.45) is 12.8 Å². The van der Waals surface area contributed by atoms with Gasteiger partial charge in [0.15, 0.2) is 0 Å². The van der Waals surface area contributed by atoms with Gasteiger partial charge in [0, 0.05) is 26.3 Å². The molecule has 1 fully saturated rings. The van der Waals surface area contributed by atoms with E-state index >= 15 is 0 Å². The predicted molar refractivity (Wildman–Crippen MR) is 97.5 cm³/mol. The fourth-order valence-corrected chi connectivity index (χ4v) is 2.87. The molecule has 3 rings (SSSR count). The molecule has 1 aliphatic heterocycles. The molecule has 8 heteroatoms. The van der Waals surface area contributed by atoms with Crippen LogP contribution < -0.4 is 10.6 Å². The molecule has 0 aliphatic carbocycles. The molecule has 0 bridgehead atoms. The normalized spacial score (nSPS) is 15.7. The van der Waals surface area contributed by atoms with Crippen molar-refractivity contribution in [3.63, 3.8) is 0 Å². The van der Waals surface area contributed by atoms with Crippen molar-refractivity contribution in [3.8, 4) is 0 Å². The van der Waals surface area contributed by atoms with Crippen molar-refractivity contribution in [1.82, 2.24) is 14.7 Å². The number of rotatable bonds is 4. The number of aryl methyl sites for hydroxylation is 1. The molecule has 25 heavy (non-hydrogen) atoms. The van der Waals surface area contributed by atoms with E-state index in [4.69, 9.17) is 5.73 Å². The summed E-state index contributed by atoms with van der Waals surface area (Å²) in [5, 5.41) is 4.08. The first-order valence-electron chi connectivity index (χ1n) is 7.92. The first-order valence-corrected chi connectivity index (χ1v) is 7.92. The lowest BCUT2D eigenvalue weighted by Gasteiger charge is -2.34. The average molecular weight is 364 g/mol. The number of aromatic nitrogens is 2. The summed E-state index contributed by atoms with van der Waals surface area (Å²) in [7, 11) is 1.80. The molecule has 2 heterocycles. The third-order valence-electron chi connectivity index (χ3n) is 4.15. The van der Waals surface area contributed by atoms with Gasteiger partial charge in [0.05, 0.1) is 17.9 Å². The lowest BCUT2D eigenvalue weighted by Crippen LogP contribution is -2.56. The summed E-state index contributed by atoms with van der Waals surface area (Å²) in [5.74, 6) is -0.299. The zero-order chi connectivity index (χ0) is 17.1. The third kappa shape index (κ3) is 4.37. The molecule has 0 unspecified atom stereocenters. The Labute approximate surface area is 152 Å². The van der Waals surface area contributed by atoms with Gasteiger partial charge in [0.2, 0.25) is 11.8 Å². The molecule has 0 radical (unpaired) electrons. The summed E-state index contributed by atoms with van der Waals surface area (Å²) in [6.07, 6.45) is 3.91. The number of carbonyl (C=O) groups is 2. The highest BCUT2D eigenvalue weighted by atomic mass is 35.5. The SMILES string of the molecule is Cl.Cn1cc(N2CCN(C(=O)[C@@H](N)Cc3ccccc3)CC2=O)cn1. The highest BCUT2D eigenvalue weighted by molar-refractivity contribution is 5.98. The molecule has 7 nitrogen and oxygen atoms in total. The lowest BCUT2D eigenvalue weighted by molar-refractivity contribution is -0.137. The molecular formula is C17H22ClN5O2. The minimum absolute atomic E-state index is 0. The Balaban J connectivity index is 0.00000225. The number of nitrogens with zero attached hydrogens (tertiary/aromatic N) is 4. The van der Waals surface area contributed by atoms with Crippen LogP contribution in [0.3, 0.4) is 0 Å². The monoisotopic (exact) mass is 363 g/mol. The molecule has 2 amide bonds. The van der Waals surface area contributed by atoms with Crippen LogP contribution in [0, 0.1) is 0 Å². The minimum atomic E-state index is -0.634. The molecule has 2 N–H and O–H groups in total. The second kappa shape index (κ2) is 8.13. The fourth-order valence-electron chi connectivity index (χ4n) is 2.87. The van der Waals surface area contributed by atoms with Crippen molar-refractivity contribution in [1.29, 1.82) is 0 Å². The Morgan fingerprint density at radius 1 is 1.28 bits per heavy atom. The van der Waals surface area contributed by atoms with Gasteiger partial charge in [-0.05, 0) is 12.0 Å². The van der Waals surface area contributed by atoms with E-state index in [9.17, 15) is 9.59 Å². The molecular weight excluding hydrogens is 342 g/mol. The van der Waals surface area contributed by atoms with Crippen LogP contribution in [0.4, 0.5) is 5.69 Å². The largest absolute Gasteiger partial charge is 0.330 e. The second-order valence-corrected chi connectivity index (χ2v) is 5.97. The van der Waals surface area contributed by atoms with Crippen molar-refractivity contribution in [2.75, 3.05) is 24.5 Å². The Morgan fingerprint density at radius 3 is 2.60 bits per heavy atom. The van der Waals surface area contributed by atoms with Crippen LogP contribution in [0.1, 0.15) is 5.56 Å². The van der Waals surface area contributed by atoms with Crippen LogP contribution in [0.15, 0.2) is 42.7 Å². The Hall–Kier alpha value is -2.38.